The van der Waals surface area contributed by atoms with Gasteiger partial charge in [0.1, 0.15) is 0 Å². The van der Waals surface area contributed by atoms with E-state index in [0.717, 1.165) is 35.4 Å². The number of hydrogen-bond acceptors (Lipinski definition) is 1. The molecule has 56 heavy (non-hydrogen) atoms. The quantitative estimate of drug-likeness (QED) is 0.161. The molecular weight excluding hydrogens is 677 g/mol. The Hall–Kier alpha value is -6.56. The van der Waals surface area contributed by atoms with Gasteiger partial charge in [0, 0.05) is 44.1 Å². The summed E-state index contributed by atoms with van der Waals surface area (Å²) < 4.78 is 2.31. The Morgan fingerprint density at radius 2 is 1.14 bits per heavy atom. The third-order valence-electron chi connectivity index (χ3n) is 13.0. The van der Waals surface area contributed by atoms with Gasteiger partial charge >= 0.3 is 0 Å². The van der Waals surface area contributed by atoms with Gasteiger partial charge < -0.3 is 9.47 Å². The first-order valence-electron chi connectivity index (χ1n) is 19.9. The fourth-order valence-electron chi connectivity index (χ4n) is 10.2. The maximum absolute atomic E-state index is 3.65. The van der Waals surface area contributed by atoms with E-state index >= 15 is 0 Å². The Morgan fingerprint density at radius 3 is 1.86 bits per heavy atom. The topological polar surface area (TPSA) is 8.17 Å². The first-order chi connectivity index (χ1) is 27.3. The van der Waals surface area contributed by atoms with Gasteiger partial charge in [-0.3, -0.25) is 0 Å². The zero-order valence-corrected chi connectivity index (χ0v) is 32.3. The summed E-state index contributed by atoms with van der Waals surface area (Å²) in [6.45, 7) is 9.54. The minimum absolute atomic E-state index is 0.0168. The number of hydrogen-bond donors (Lipinski definition) is 0. The standard InChI is InChI=1S/C54H42N2/c1-53(2)47-21-11-6-17-41(47)45-33-37(30-32-48(45)53)55(38-29-31-42-40-16-5-10-20-46(40)54(3,4)49(42)34-38)50-22-12-7-15-39(50)35-25-27-36(28-26-35)56-51-23-13-8-18-43(51)44-19-9-14-24-52(44)56/h5-25,27,29,31,33-34H,30,32H2,1-4H3. The Morgan fingerprint density at radius 1 is 0.536 bits per heavy atom. The Balaban J connectivity index is 1.11. The summed E-state index contributed by atoms with van der Waals surface area (Å²) in [5, 5.41) is 2.49. The summed E-state index contributed by atoms with van der Waals surface area (Å²) >= 11 is 0. The minimum atomic E-state index is -0.108. The van der Waals surface area contributed by atoms with Crippen molar-refractivity contribution in [1.82, 2.24) is 4.57 Å². The van der Waals surface area contributed by atoms with Crippen molar-refractivity contribution in [3.63, 3.8) is 0 Å². The van der Waals surface area contributed by atoms with Crippen LogP contribution in [0, 0.1) is 0 Å². The van der Waals surface area contributed by atoms with E-state index in [1.54, 1.807) is 5.57 Å². The Kier molecular flexibility index (Phi) is 7.02. The van der Waals surface area contributed by atoms with Crippen LogP contribution in [0.1, 0.15) is 68.4 Å². The van der Waals surface area contributed by atoms with Gasteiger partial charge in [0.05, 0.1) is 22.4 Å². The van der Waals surface area contributed by atoms with Crippen molar-refractivity contribution < 1.29 is 0 Å². The lowest BCUT2D eigenvalue weighted by Gasteiger charge is -2.34. The van der Waals surface area contributed by atoms with Crippen LogP contribution in [0.3, 0.4) is 0 Å². The van der Waals surface area contributed by atoms with Crippen LogP contribution in [-0.2, 0) is 10.8 Å². The Labute approximate surface area is 329 Å². The smallest absolute Gasteiger partial charge is 0.0974 e. The lowest BCUT2D eigenvalue weighted by Crippen LogP contribution is -2.23. The van der Waals surface area contributed by atoms with Crippen LogP contribution < -0.4 is 4.90 Å². The molecule has 0 saturated carbocycles. The number of anilines is 2. The zero-order valence-electron chi connectivity index (χ0n) is 32.3. The van der Waals surface area contributed by atoms with Crippen molar-refractivity contribution in [1.29, 1.82) is 0 Å². The molecule has 2 heteroatoms. The first kappa shape index (κ1) is 32.8. The van der Waals surface area contributed by atoms with Crippen molar-refractivity contribution in [3.8, 4) is 11.1 Å². The van der Waals surface area contributed by atoms with E-state index < -0.39 is 0 Å². The lowest BCUT2D eigenvalue weighted by molar-refractivity contribution is 0.602. The maximum Gasteiger partial charge on any atom is 0.0974 e. The zero-order chi connectivity index (χ0) is 37.8. The normalized spacial score (nSPS) is 17.0. The highest BCUT2D eigenvalue weighted by molar-refractivity contribution is 6.10. The molecule has 0 unspecified atom stereocenters. The molecule has 2 nitrogen and oxygen atoms in total. The van der Waals surface area contributed by atoms with E-state index in [1.807, 2.05) is 0 Å². The molecule has 0 atom stereocenters. The van der Waals surface area contributed by atoms with Gasteiger partial charge in [0.15, 0.2) is 0 Å². The largest absolute Gasteiger partial charge is 0.314 e. The fraction of sp³-hybridized carbons (Fsp3) is 0.148. The summed E-state index contributed by atoms with van der Waals surface area (Å²) in [6, 6.07) is 51.2. The molecule has 1 heterocycles. The highest BCUT2D eigenvalue weighted by Gasteiger charge is 2.40. The first-order valence-corrected chi connectivity index (χ1v) is 19.9. The van der Waals surface area contributed by atoms with Gasteiger partial charge in [0.25, 0.3) is 0 Å². The number of para-hydroxylation sites is 3. The van der Waals surface area contributed by atoms with E-state index in [2.05, 4.69) is 206 Å². The predicted octanol–water partition coefficient (Wildman–Crippen LogP) is 13.9. The molecule has 268 valence electrons. The van der Waals surface area contributed by atoms with E-state index in [0.29, 0.717) is 0 Å². The average Bonchev–Trinajstić information content (AvgIpc) is 3.78. The molecule has 4 aliphatic carbocycles. The fourth-order valence-corrected chi connectivity index (χ4v) is 10.2. The van der Waals surface area contributed by atoms with Gasteiger partial charge in [-0.25, -0.2) is 0 Å². The molecule has 6 aromatic carbocycles. The molecule has 11 rings (SSSR count). The molecule has 0 N–H and O–H groups in total. The monoisotopic (exact) mass is 718 g/mol. The number of rotatable bonds is 5. The van der Waals surface area contributed by atoms with E-state index in [-0.39, 0.29) is 10.8 Å². The molecule has 7 aromatic rings. The van der Waals surface area contributed by atoms with Gasteiger partial charge in [0.2, 0.25) is 0 Å². The molecule has 0 bridgehead atoms. The van der Waals surface area contributed by atoms with Crippen LogP contribution in [0.4, 0.5) is 11.4 Å². The number of aromatic nitrogens is 1. The summed E-state index contributed by atoms with van der Waals surface area (Å²) in [4.78, 5) is 2.54. The molecule has 4 aliphatic rings. The summed E-state index contributed by atoms with van der Waals surface area (Å²) in [6.07, 6.45) is 8.90. The van der Waals surface area contributed by atoms with E-state index in [1.165, 1.54) is 72.1 Å². The molecular formula is C54H42N2. The second-order valence-electron chi connectivity index (χ2n) is 16.7. The minimum Gasteiger partial charge on any atom is -0.314 e. The van der Waals surface area contributed by atoms with Crippen LogP contribution >= 0.6 is 0 Å². The maximum atomic E-state index is 3.65. The molecule has 0 spiro atoms. The van der Waals surface area contributed by atoms with Crippen LogP contribution in [0.25, 0.3) is 49.8 Å². The number of nitrogens with zero attached hydrogens (tertiary/aromatic N) is 2. The van der Waals surface area contributed by atoms with E-state index in [9.17, 15) is 0 Å². The van der Waals surface area contributed by atoms with Crippen LogP contribution in [0.2, 0.25) is 0 Å². The number of benzene rings is 6. The molecule has 1 aromatic heterocycles. The average molecular weight is 719 g/mol. The third kappa shape index (κ3) is 4.64. The second-order valence-corrected chi connectivity index (χ2v) is 16.7. The lowest BCUT2D eigenvalue weighted by atomic mass is 9.78. The van der Waals surface area contributed by atoms with Crippen molar-refractivity contribution in [2.24, 2.45) is 0 Å². The van der Waals surface area contributed by atoms with Crippen molar-refractivity contribution in [3.05, 3.63) is 208 Å². The SMILES string of the molecule is CC1(C)C2=C(C=C(N(c3ccc4c(c3)C(C)(C)c3ccccc3-4)c3ccccc3C3=C=C=C(n4c5ccccc5c5ccccc54)C=C3)CC2)c2ccccc21. The molecule has 0 amide bonds. The van der Waals surface area contributed by atoms with Crippen LogP contribution in [-0.4, -0.2) is 4.57 Å². The molecule has 0 saturated heterocycles. The number of allylic oxidation sites excluding steroid dienone is 8. The van der Waals surface area contributed by atoms with Gasteiger partial charge in [-0.2, -0.15) is 0 Å². The van der Waals surface area contributed by atoms with Crippen molar-refractivity contribution in [2.45, 2.75) is 51.4 Å². The van der Waals surface area contributed by atoms with Crippen molar-refractivity contribution in [2.75, 3.05) is 4.90 Å². The third-order valence-corrected chi connectivity index (χ3v) is 13.0. The van der Waals surface area contributed by atoms with Gasteiger partial charge in [-0.15, -0.1) is 0 Å². The highest BCUT2D eigenvalue weighted by atomic mass is 15.2. The van der Waals surface area contributed by atoms with Gasteiger partial charge in [-0.05, 0) is 106 Å². The second kappa shape index (κ2) is 12.0. The van der Waals surface area contributed by atoms with Gasteiger partial charge in [-0.1, -0.05) is 148 Å². The summed E-state index contributed by atoms with van der Waals surface area (Å²) in [5.41, 5.74) is 27.5. The summed E-state index contributed by atoms with van der Waals surface area (Å²) in [7, 11) is 0. The number of fused-ring (bicyclic) bond motifs is 8. The Bertz CT molecular complexity index is 2990. The molecule has 0 radical (unpaired) electrons. The molecule has 0 aliphatic heterocycles. The predicted molar refractivity (Wildman–Crippen MR) is 235 cm³/mol. The van der Waals surface area contributed by atoms with Crippen LogP contribution in [0.15, 0.2) is 180 Å². The summed E-state index contributed by atoms with van der Waals surface area (Å²) in [5.74, 6) is 0. The van der Waals surface area contributed by atoms with Crippen LogP contribution in [0.5, 0.6) is 0 Å². The van der Waals surface area contributed by atoms with E-state index in [4.69, 9.17) is 0 Å². The van der Waals surface area contributed by atoms with Crippen molar-refractivity contribution >= 4 is 50.0 Å². The highest BCUT2D eigenvalue weighted by Crippen LogP contribution is 2.54. The molecule has 0 fully saturated rings.